The van der Waals surface area contributed by atoms with Crippen LogP contribution in [0.1, 0.15) is 13.2 Å². The van der Waals surface area contributed by atoms with Gasteiger partial charge in [-0.1, -0.05) is 0 Å². The minimum absolute atomic E-state index is 0.122. The van der Waals surface area contributed by atoms with E-state index in [-0.39, 0.29) is 5.82 Å². The lowest BCUT2D eigenvalue weighted by molar-refractivity contribution is -0.0948. The molecule has 3 unspecified atom stereocenters. The Kier molecular flexibility index (Phi) is 3.89. The Labute approximate surface area is 146 Å². The fourth-order valence-electron chi connectivity index (χ4n) is 3.27. The number of oxazole rings is 1. The molecule has 0 radical (unpaired) electrons. The van der Waals surface area contributed by atoms with Crippen LogP contribution < -0.4 is 5.48 Å². The molecule has 3 aromatic rings. The maximum Gasteiger partial charge on any atom is 0.181 e. The van der Waals surface area contributed by atoms with Crippen LogP contribution in [-0.4, -0.2) is 64.5 Å². The van der Waals surface area contributed by atoms with Crippen molar-refractivity contribution in [2.24, 2.45) is 0 Å². The van der Waals surface area contributed by atoms with Crippen LogP contribution in [0.2, 0.25) is 0 Å². The Morgan fingerprint density at radius 3 is 2.81 bits per heavy atom. The highest BCUT2D eigenvalue weighted by molar-refractivity contribution is 6.00. The van der Waals surface area contributed by atoms with Crippen molar-refractivity contribution in [3.05, 3.63) is 25.1 Å². The van der Waals surface area contributed by atoms with E-state index in [2.05, 4.69) is 15.0 Å². The van der Waals surface area contributed by atoms with Crippen LogP contribution in [0.4, 0.5) is 5.82 Å². The fraction of sp³-hybridized carbons (Fsp3) is 0.400. The number of rotatable bonds is 4. The van der Waals surface area contributed by atoms with Gasteiger partial charge in [-0.2, -0.15) is 0 Å². The zero-order valence-corrected chi connectivity index (χ0v) is 13.6. The average Bonchev–Trinajstić information content (AvgIpc) is 3.33. The van der Waals surface area contributed by atoms with E-state index in [0.717, 1.165) is 0 Å². The molecule has 0 bridgehead atoms. The number of aromatic nitrogens is 4. The van der Waals surface area contributed by atoms with Gasteiger partial charge in [0, 0.05) is 6.20 Å². The van der Waals surface area contributed by atoms with Gasteiger partial charge in [0.15, 0.2) is 24.2 Å². The van der Waals surface area contributed by atoms with Gasteiger partial charge < -0.3 is 29.0 Å². The number of anilines is 1. The summed E-state index contributed by atoms with van der Waals surface area (Å²) < 4.78 is 12.5. The Hall–Kier alpha value is -2.57. The summed E-state index contributed by atoms with van der Waals surface area (Å²) in [6, 6.07) is 0. The molecule has 11 nitrogen and oxygen atoms in total. The van der Waals surface area contributed by atoms with Crippen LogP contribution >= 0.6 is 0 Å². The van der Waals surface area contributed by atoms with Crippen LogP contribution in [0, 0.1) is 0 Å². The Morgan fingerprint density at radius 2 is 2.19 bits per heavy atom. The van der Waals surface area contributed by atoms with Gasteiger partial charge in [-0.05, 0) is 6.92 Å². The topological polar surface area (TPSA) is 159 Å². The maximum atomic E-state index is 10.8. The predicted molar refractivity (Wildman–Crippen MR) is 86.1 cm³/mol. The molecular weight excluding hydrogens is 346 g/mol. The summed E-state index contributed by atoms with van der Waals surface area (Å²) in [5.74, 6) is 0.508. The first kappa shape index (κ1) is 16.9. The number of aliphatic hydroxyl groups is 3. The molecule has 4 atom stereocenters. The summed E-state index contributed by atoms with van der Waals surface area (Å²) in [6.07, 6.45) is 2.24. The zero-order chi connectivity index (χ0) is 18.5. The summed E-state index contributed by atoms with van der Waals surface area (Å²) in [4.78, 5) is 12.1. The Bertz CT molecular complexity index is 924. The van der Waals surface area contributed by atoms with E-state index >= 15 is 0 Å². The number of hydrogen-bond acceptors (Lipinski definition) is 10. The minimum atomic E-state index is -1.70. The first-order valence-electron chi connectivity index (χ1n) is 7.80. The molecular formula is C15H17N5O6. The summed E-state index contributed by atoms with van der Waals surface area (Å²) in [5.41, 5.74) is 1.12. The number of nitrogens with zero attached hydrogens (tertiary/aromatic N) is 4. The van der Waals surface area contributed by atoms with Crippen molar-refractivity contribution in [2.75, 3.05) is 12.1 Å². The van der Waals surface area contributed by atoms with Crippen molar-refractivity contribution in [1.82, 2.24) is 19.5 Å². The average molecular weight is 363 g/mol. The molecule has 0 saturated carbocycles. The Morgan fingerprint density at radius 1 is 1.38 bits per heavy atom. The minimum Gasteiger partial charge on any atom is -0.443 e. The van der Waals surface area contributed by atoms with Crippen molar-refractivity contribution in [3.8, 4) is 11.3 Å². The van der Waals surface area contributed by atoms with Crippen molar-refractivity contribution < 1.29 is 29.7 Å². The second-order valence-electron chi connectivity index (χ2n) is 6.23. The molecule has 1 aliphatic heterocycles. The summed E-state index contributed by atoms with van der Waals surface area (Å²) in [7, 11) is 0. The molecule has 5 N–H and O–H groups in total. The van der Waals surface area contributed by atoms with Gasteiger partial charge in [0.1, 0.15) is 29.8 Å². The van der Waals surface area contributed by atoms with Gasteiger partial charge in [0.25, 0.3) is 0 Å². The van der Waals surface area contributed by atoms with Crippen LogP contribution in [0.5, 0.6) is 0 Å². The predicted octanol–water partition coefficient (Wildman–Crippen LogP) is -0.111. The third-order valence-corrected chi connectivity index (χ3v) is 4.60. The number of ether oxygens (including phenoxy) is 1. The third kappa shape index (κ3) is 2.29. The molecule has 1 fully saturated rings. The smallest absolute Gasteiger partial charge is 0.181 e. The Balaban J connectivity index is 1.95. The molecule has 0 aromatic carbocycles. The summed E-state index contributed by atoms with van der Waals surface area (Å²) in [5, 5.41) is 40.2. The second-order valence-corrected chi connectivity index (χ2v) is 6.23. The number of nitrogens with one attached hydrogen (secondary N) is 1. The quantitative estimate of drug-likeness (QED) is 0.396. The van der Waals surface area contributed by atoms with E-state index in [1.807, 2.05) is 5.48 Å². The molecule has 0 amide bonds. The number of fused-ring (bicyclic) bond motifs is 1. The third-order valence-electron chi connectivity index (χ3n) is 4.60. The first-order chi connectivity index (χ1) is 12.5. The SMILES string of the molecule is CC1(O)C(n2cc(-c3cnco3)c3c(NO)ncnc32)OC(CO)[C@H]1O. The molecule has 26 heavy (non-hydrogen) atoms. The highest BCUT2D eigenvalue weighted by atomic mass is 16.6. The maximum absolute atomic E-state index is 10.8. The molecule has 4 heterocycles. The lowest BCUT2D eigenvalue weighted by Crippen LogP contribution is -2.44. The van der Waals surface area contributed by atoms with E-state index in [1.165, 1.54) is 30.4 Å². The summed E-state index contributed by atoms with van der Waals surface area (Å²) >= 11 is 0. The molecule has 1 saturated heterocycles. The lowest BCUT2D eigenvalue weighted by Gasteiger charge is -2.27. The monoisotopic (exact) mass is 363 g/mol. The van der Waals surface area contributed by atoms with Crippen LogP contribution in [0.25, 0.3) is 22.4 Å². The molecule has 0 aliphatic carbocycles. The van der Waals surface area contributed by atoms with Crippen molar-refractivity contribution in [2.45, 2.75) is 31.0 Å². The largest absolute Gasteiger partial charge is 0.443 e. The van der Waals surface area contributed by atoms with Gasteiger partial charge in [-0.15, -0.1) is 0 Å². The van der Waals surface area contributed by atoms with Crippen molar-refractivity contribution >= 4 is 16.9 Å². The molecule has 3 aromatic heterocycles. The van der Waals surface area contributed by atoms with E-state index < -0.39 is 30.6 Å². The van der Waals surface area contributed by atoms with Gasteiger partial charge in [0.2, 0.25) is 0 Å². The highest BCUT2D eigenvalue weighted by Crippen LogP contribution is 2.42. The molecule has 1 aliphatic rings. The molecule has 11 heteroatoms. The van der Waals surface area contributed by atoms with E-state index in [4.69, 9.17) is 9.15 Å². The number of aliphatic hydroxyl groups excluding tert-OH is 2. The second kappa shape index (κ2) is 6.00. The molecule has 4 rings (SSSR count). The zero-order valence-electron chi connectivity index (χ0n) is 13.6. The van der Waals surface area contributed by atoms with Gasteiger partial charge in [-0.25, -0.2) is 15.0 Å². The van der Waals surface area contributed by atoms with Gasteiger partial charge in [0.05, 0.1) is 23.8 Å². The number of hydrogen-bond donors (Lipinski definition) is 5. The molecule has 0 spiro atoms. The van der Waals surface area contributed by atoms with E-state index in [0.29, 0.717) is 22.4 Å². The first-order valence-corrected chi connectivity index (χ1v) is 7.80. The highest BCUT2D eigenvalue weighted by Gasteiger charge is 2.53. The van der Waals surface area contributed by atoms with Gasteiger partial charge >= 0.3 is 0 Å². The van der Waals surface area contributed by atoms with Crippen LogP contribution in [0.15, 0.2) is 29.5 Å². The van der Waals surface area contributed by atoms with E-state index in [9.17, 15) is 20.5 Å². The molecule has 138 valence electrons. The summed E-state index contributed by atoms with van der Waals surface area (Å²) in [6.45, 7) is 0.949. The normalized spacial score (nSPS) is 28.7. The van der Waals surface area contributed by atoms with Crippen LogP contribution in [-0.2, 0) is 4.74 Å². The lowest BCUT2D eigenvalue weighted by atomic mass is 9.96. The van der Waals surface area contributed by atoms with Crippen molar-refractivity contribution in [3.63, 3.8) is 0 Å². The standard InChI is InChI=1S/C15H17N5O6/c1-15(23)11(22)9(4-21)26-14(15)20-3-7(8-2-16-6-25-8)10-12(19-24)17-5-18-13(10)20/h2-3,5-6,9,11,14,21-24H,4H2,1H3,(H,17,18,19)/t9?,11-,14?,15?/m1/s1. The van der Waals surface area contributed by atoms with Gasteiger partial charge in [-0.3, -0.25) is 10.7 Å². The van der Waals surface area contributed by atoms with E-state index in [1.54, 1.807) is 6.20 Å². The van der Waals surface area contributed by atoms with Crippen LogP contribution in [0.3, 0.4) is 0 Å². The fourth-order valence-corrected chi connectivity index (χ4v) is 3.27. The van der Waals surface area contributed by atoms with Crippen molar-refractivity contribution in [1.29, 1.82) is 0 Å².